The van der Waals surface area contributed by atoms with Gasteiger partial charge in [-0.2, -0.15) is 0 Å². The van der Waals surface area contributed by atoms with Crippen molar-refractivity contribution >= 4 is 43.8 Å². The minimum Gasteiger partial charge on any atom is -0.147 e. The fraction of sp³-hybridized carbons (Fsp3) is 0.500. The van der Waals surface area contributed by atoms with E-state index in [1.54, 1.807) is 33.4 Å². The minimum absolute atomic E-state index is 0. The van der Waals surface area contributed by atoms with Crippen molar-refractivity contribution in [2.45, 2.75) is 160 Å². The summed E-state index contributed by atoms with van der Waals surface area (Å²) in [7, 11) is 0. The monoisotopic (exact) mass is 936 g/mol. The second kappa shape index (κ2) is 19.4. The van der Waals surface area contributed by atoms with Gasteiger partial charge < -0.3 is 0 Å². The quantitative estimate of drug-likeness (QED) is 0.124. The SMILES string of the molecule is CCC(C)c1ccc(-c2ccc(C)c3c2C=C(CC2CCCCC2)[CH]3[Zr]([CH3])([CH3])(=[SiH2])[CH]2C(CC3CCCCC3)=Cc3c(-c4ccc(C(C)CC)cc4)ccc(C)c32)cc1.Cl.Cl. The van der Waals surface area contributed by atoms with E-state index in [1.165, 1.54) is 134 Å². The van der Waals surface area contributed by atoms with E-state index in [0.29, 0.717) is 19.1 Å². The van der Waals surface area contributed by atoms with Crippen molar-refractivity contribution in [3.8, 4) is 22.3 Å². The van der Waals surface area contributed by atoms with Crippen molar-refractivity contribution in [3.05, 3.63) is 128 Å². The molecule has 2 fully saturated rings. The summed E-state index contributed by atoms with van der Waals surface area (Å²) >= 11 is -3.94. The van der Waals surface area contributed by atoms with Crippen molar-refractivity contribution in [1.29, 1.82) is 0 Å². The fourth-order valence-electron chi connectivity index (χ4n) is 12.6. The van der Waals surface area contributed by atoms with Gasteiger partial charge in [0.05, 0.1) is 0 Å². The van der Waals surface area contributed by atoms with Gasteiger partial charge in [-0.1, -0.05) is 0 Å². The van der Waals surface area contributed by atoms with Crippen LogP contribution < -0.4 is 0 Å². The molecule has 0 N–H and O–H groups in total. The summed E-state index contributed by atoms with van der Waals surface area (Å²) in [5.74, 6) is 2.84. The van der Waals surface area contributed by atoms with Gasteiger partial charge in [-0.3, -0.25) is 0 Å². The number of fused-ring (bicyclic) bond motifs is 2. The maximum absolute atomic E-state index is 3.94. The Labute approximate surface area is 380 Å². The first kappa shape index (κ1) is 47.5. The summed E-state index contributed by atoms with van der Waals surface area (Å²) in [5.41, 5.74) is 21.8. The van der Waals surface area contributed by atoms with Gasteiger partial charge in [-0.05, 0) is 0 Å². The summed E-state index contributed by atoms with van der Waals surface area (Å²) < 4.78 is 6.98. The molecule has 4 aliphatic carbocycles. The molecule has 4 atom stereocenters. The number of allylic oxidation sites excluding steroid dienone is 2. The van der Waals surface area contributed by atoms with Crippen LogP contribution in [0.15, 0.2) is 83.9 Å². The molecule has 8 rings (SSSR count). The molecule has 322 valence electrons. The number of rotatable bonds is 12. The first-order valence-corrected chi connectivity index (χ1v) is 37.5. The van der Waals surface area contributed by atoms with Crippen molar-refractivity contribution in [2.24, 2.45) is 11.8 Å². The molecule has 2 saturated carbocycles. The Kier molecular flexibility index (Phi) is 15.4. The molecule has 4 aromatic rings. The summed E-state index contributed by atoms with van der Waals surface area (Å²) in [6.45, 7) is 16.9. The molecule has 0 heterocycles. The first-order valence-electron chi connectivity index (χ1n) is 23.8. The Morgan fingerprint density at radius 2 is 0.883 bits per heavy atom. The summed E-state index contributed by atoms with van der Waals surface area (Å²) in [6.07, 6.45) is 24.6. The normalized spacial score (nSPS) is 20.6. The predicted octanol–water partition coefficient (Wildman–Crippen LogP) is 17.4. The van der Waals surface area contributed by atoms with Gasteiger partial charge in [0.25, 0.3) is 0 Å². The van der Waals surface area contributed by atoms with E-state index in [1.807, 2.05) is 0 Å². The second-order valence-corrected chi connectivity index (χ2v) is 51.5. The van der Waals surface area contributed by atoms with Crippen LogP contribution in [0.4, 0.5) is 0 Å². The minimum atomic E-state index is -3.94. The smallest absolute Gasteiger partial charge is 0.147 e. The van der Waals surface area contributed by atoms with E-state index in [-0.39, 0.29) is 24.8 Å². The number of halogens is 2. The van der Waals surface area contributed by atoms with Gasteiger partial charge in [0, 0.05) is 0 Å². The molecular formula is C56H76Cl2SiZr. The molecule has 4 aliphatic rings. The molecule has 0 radical (unpaired) electrons. The van der Waals surface area contributed by atoms with Crippen LogP contribution in [-0.4, -0.2) is 6.88 Å². The van der Waals surface area contributed by atoms with E-state index in [0.717, 1.165) is 11.8 Å². The van der Waals surface area contributed by atoms with Crippen molar-refractivity contribution < 1.29 is 17.4 Å². The Morgan fingerprint density at radius 3 is 1.22 bits per heavy atom. The van der Waals surface area contributed by atoms with Gasteiger partial charge in [-0.25, -0.2) is 0 Å². The van der Waals surface area contributed by atoms with Crippen molar-refractivity contribution in [1.82, 2.24) is 0 Å². The summed E-state index contributed by atoms with van der Waals surface area (Å²) in [6, 6.07) is 29.3. The third-order valence-corrected chi connectivity index (χ3v) is 33.6. The fourth-order valence-corrected chi connectivity index (χ4v) is 32.4. The Morgan fingerprint density at radius 1 is 0.533 bits per heavy atom. The largest absolute Gasteiger partial charge is 0.147 e. The van der Waals surface area contributed by atoms with Crippen LogP contribution in [0.5, 0.6) is 0 Å². The summed E-state index contributed by atoms with van der Waals surface area (Å²) in [4.78, 5) is 0. The van der Waals surface area contributed by atoms with Crippen LogP contribution in [-0.2, 0) is 17.4 Å². The molecule has 4 heteroatoms. The standard InChI is InChI=1S/2C27H33.2CH3.2ClH.H2Si.Zr/c2*1-4-19(2)23-11-13-24(14-12-23)25-15-10-20(3)26-17-22(18-27(25)26)16-21-8-6-5-7-9-21;;;;;;/h2*10-15,17-19,21H,4-9,16H2,1-3H3;2*1H3;2*1H;1H2;. The zero-order valence-electron chi connectivity index (χ0n) is 38.5. The Hall–Kier alpha value is -1.96. The van der Waals surface area contributed by atoms with Crippen LogP contribution >= 0.6 is 24.8 Å². The Balaban J connectivity index is 0.00000302. The van der Waals surface area contributed by atoms with E-state index in [9.17, 15) is 0 Å². The molecule has 0 amide bonds. The average Bonchev–Trinajstić information content (AvgIpc) is 3.83. The van der Waals surface area contributed by atoms with E-state index in [4.69, 9.17) is 0 Å². The maximum Gasteiger partial charge on any atom is -0.147 e. The summed E-state index contributed by atoms with van der Waals surface area (Å²) in [5, 5.41) is 0. The number of hydrogen-bond acceptors (Lipinski definition) is 0. The van der Waals surface area contributed by atoms with Crippen molar-refractivity contribution in [2.75, 3.05) is 0 Å². The molecule has 0 aromatic heterocycles. The number of aryl methyl sites for hydroxylation is 2. The number of hydrogen-bond donors (Lipinski definition) is 0. The van der Waals surface area contributed by atoms with Gasteiger partial charge in [0.15, 0.2) is 0 Å². The van der Waals surface area contributed by atoms with Crippen LogP contribution in [0.2, 0.25) is 9.26 Å². The zero-order chi connectivity index (χ0) is 40.8. The molecular weight excluding hydrogens is 863 g/mol. The average molecular weight is 939 g/mol. The molecule has 0 bridgehead atoms. The molecule has 4 unspecified atom stereocenters. The molecule has 60 heavy (non-hydrogen) atoms. The van der Waals surface area contributed by atoms with Gasteiger partial charge >= 0.3 is 359 Å². The van der Waals surface area contributed by atoms with Crippen LogP contribution in [0.1, 0.15) is 181 Å². The van der Waals surface area contributed by atoms with Crippen LogP contribution in [0, 0.1) is 25.7 Å². The molecule has 0 spiro atoms. The van der Waals surface area contributed by atoms with Crippen LogP contribution in [0.3, 0.4) is 0 Å². The van der Waals surface area contributed by atoms with Gasteiger partial charge in [-0.15, -0.1) is 24.8 Å². The first-order chi connectivity index (χ1) is 27.9. The van der Waals surface area contributed by atoms with Crippen LogP contribution in [0.25, 0.3) is 34.4 Å². The number of benzene rings is 4. The zero-order valence-corrected chi connectivity index (χ0v) is 44.0. The Bertz CT molecular complexity index is 2100. The van der Waals surface area contributed by atoms with Gasteiger partial charge in [0.2, 0.25) is 0 Å². The molecule has 0 aliphatic heterocycles. The molecule has 4 aromatic carbocycles. The topological polar surface area (TPSA) is 0 Å². The maximum atomic E-state index is 2.93. The van der Waals surface area contributed by atoms with E-state index < -0.39 is 17.4 Å². The third kappa shape index (κ3) is 9.17. The molecule has 0 nitrogen and oxygen atoms in total. The third-order valence-electron chi connectivity index (χ3n) is 16.2. The second-order valence-electron chi connectivity index (χ2n) is 21.0. The van der Waals surface area contributed by atoms with Crippen molar-refractivity contribution in [3.63, 3.8) is 0 Å². The molecule has 0 saturated heterocycles. The predicted molar refractivity (Wildman–Crippen MR) is 269 cm³/mol. The van der Waals surface area contributed by atoms with E-state index in [2.05, 4.69) is 143 Å². The van der Waals surface area contributed by atoms with E-state index >= 15 is 0 Å². The van der Waals surface area contributed by atoms with Gasteiger partial charge in [0.1, 0.15) is 0 Å².